The van der Waals surface area contributed by atoms with Crippen LogP contribution in [0.5, 0.6) is 0 Å². The predicted molar refractivity (Wildman–Crippen MR) is 72.1 cm³/mol. The Balaban J connectivity index is 2.10. The summed E-state index contributed by atoms with van der Waals surface area (Å²) in [5.41, 5.74) is 3.58. The first-order valence-corrected chi connectivity index (χ1v) is 5.80. The van der Waals surface area contributed by atoms with Crippen LogP contribution in [0.1, 0.15) is 16.2 Å². The summed E-state index contributed by atoms with van der Waals surface area (Å²) in [5.74, 6) is 5.55. The molecular formula is C13H15N5O. The zero-order valence-electron chi connectivity index (χ0n) is 10.6. The molecule has 0 fully saturated rings. The Labute approximate surface area is 111 Å². The van der Waals surface area contributed by atoms with Gasteiger partial charge in [0.1, 0.15) is 11.5 Å². The number of amides is 1. The van der Waals surface area contributed by atoms with Gasteiger partial charge in [-0.3, -0.25) is 9.78 Å². The Morgan fingerprint density at radius 3 is 2.84 bits per heavy atom. The van der Waals surface area contributed by atoms with Crippen molar-refractivity contribution in [2.75, 3.05) is 12.5 Å². The second-order valence-corrected chi connectivity index (χ2v) is 4.03. The first kappa shape index (κ1) is 13.0. The molecule has 0 unspecified atom stereocenters. The van der Waals surface area contributed by atoms with Crippen molar-refractivity contribution in [2.45, 2.75) is 6.54 Å². The molecule has 1 amide bonds. The highest BCUT2D eigenvalue weighted by Crippen LogP contribution is 2.07. The molecule has 2 aromatic heterocycles. The highest BCUT2D eigenvalue weighted by Gasteiger charge is 2.14. The maximum absolute atomic E-state index is 12.2. The smallest absolute Gasteiger partial charge is 0.272 e. The number of rotatable bonds is 4. The van der Waals surface area contributed by atoms with Gasteiger partial charge in [0, 0.05) is 13.2 Å². The molecule has 2 rings (SSSR count). The summed E-state index contributed by atoms with van der Waals surface area (Å²) in [6.07, 6.45) is 1.70. The molecule has 98 valence electrons. The molecule has 3 N–H and O–H groups in total. The second kappa shape index (κ2) is 5.92. The number of nitrogens with one attached hydrogen (secondary N) is 1. The molecule has 0 aliphatic rings. The molecule has 0 aliphatic heterocycles. The molecule has 0 radical (unpaired) electrons. The van der Waals surface area contributed by atoms with Gasteiger partial charge in [-0.05, 0) is 24.3 Å². The number of nitrogen functional groups attached to an aromatic ring is 1. The molecule has 6 nitrogen and oxygen atoms in total. The van der Waals surface area contributed by atoms with E-state index in [0.29, 0.717) is 18.1 Å². The van der Waals surface area contributed by atoms with Crippen molar-refractivity contribution in [1.29, 1.82) is 0 Å². The predicted octanol–water partition coefficient (Wildman–Crippen LogP) is 1.03. The highest BCUT2D eigenvalue weighted by molar-refractivity contribution is 5.92. The fourth-order valence-corrected chi connectivity index (χ4v) is 1.64. The molecule has 2 aromatic rings. The molecule has 0 aliphatic carbocycles. The average Bonchev–Trinajstić information content (AvgIpc) is 2.47. The van der Waals surface area contributed by atoms with E-state index >= 15 is 0 Å². The lowest BCUT2D eigenvalue weighted by molar-refractivity contribution is 0.0778. The number of hydrogen-bond donors (Lipinski definition) is 2. The molecule has 2 heterocycles. The van der Waals surface area contributed by atoms with Crippen LogP contribution < -0.4 is 11.3 Å². The fraction of sp³-hybridized carbons (Fsp3) is 0.154. The maximum atomic E-state index is 12.2. The van der Waals surface area contributed by atoms with Crippen LogP contribution in [-0.2, 0) is 6.54 Å². The van der Waals surface area contributed by atoms with Crippen LogP contribution in [0.25, 0.3) is 0 Å². The molecule has 0 spiro atoms. The number of hydrogen-bond acceptors (Lipinski definition) is 5. The Hall–Kier alpha value is -2.47. The first-order chi connectivity index (χ1) is 9.20. The summed E-state index contributed by atoms with van der Waals surface area (Å²) in [6, 6.07) is 10.7. The minimum absolute atomic E-state index is 0.178. The fourth-order valence-electron chi connectivity index (χ4n) is 1.64. The van der Waals surface area contributed by atoms with E-state index in [2.05, 4.69) is 15.4 Å². The van der Waals surface area contributed by atoms with Gasteiger partial charge < -0.3 is 10.3 Å². The second-order valence-electron chi connectivity index (χ2n) is 4.03. The van der Waals surface area contributed by atoms with Gasteiger partial charge in [0.25, 0.3) is 5.91 Å². The first-order valence-electron chi connectivity index (χ1n) is 5.80. The van der Waals surface area contributed by atoms with Crippen LogP contribution >= 0.6 is 0 Å². The van der Waals surface area contributed by atoms with E-state index in [0.717, 1.165) is 5.69 Å². The Kier molecular flexibility index (Phi) is 4.04. The summed E-state index contributed by atoms with van der Waals surface area (Å²) >= 11 is 0. The van der Waals surface area contributed by atoms with Crippen LogP contribution in [0.4, 0.5) is 5.82 Å². The minimum Gasteiger partial charge on any atom is -0.334 e. The summed E-state index contributed by atoms with van der Waals surface area (Å²) in [7, 11) is 1.71. The van der Waals surface area contributed by atoms with Crippen LogP contribution in [0.15, 0.2) is 42.6 Å². The molecular weight excluding hydrogens is 242 g/mol. The summed E-state index contributed by atoms with van der Waals surface area (Å²) in [6.45, 7) is 0.432. The van der Waals surface area contributed by atoms with Crippen molar-refractivity contribution in [1.82, 2.24) is 14.9 Å². The average molecular weight is 257 g/mol. The van der Waals surface area contributed by atoms with E-state index in [-0.39, 0.29) is 5.91 Å². The number of nitrogens with two attached hydrogens (primary N) is 1. The largest absolute Gasteiger partial charge is 0.334 e. The lowest BCUT2D eigenvalue weighted by atomic mass is 10.3. The van der Waals surface area contributed by atoms with Crippen molar-refractivity contribution in [3.8, 4) is 0 Å². The third kappa shape index (κ3) is 3.26. The summed E-state index contributed by atoms with van der Waals surface area (Å²) in [4.78, 5) is 22.0. The summed E-state index contributed by atoms with van der Waals surface area (Å²) in [5, 5.41) is 0. The molecule has 0 saturated heterocycles. The number of anilines is 1. The van der Waals surface area contributed by atoms with E-state index < -0.39 is 0 Å². The van der Waals surface area contributed by atoms with Crippen molar-refractivity contribution in [3.05, 3.63) is 54.0 Å². The van der Waals surface area contributed by atoms with E-state index in [1.807, 2.05) is 18.2 Å². The Morgan fingerprint density at radius 1 is 1.32 bits per heavy atom. The summed E-state index contributed by atoms with van der Waals surface area (Å²) < 4.78 is 0. The molecule has 0 saturated carbocycles. The number of hydrazine groups is 1. The van der Waals surface area contributed by atoms with Crippen molar-refractivity contribution < 1.29 is 4.79 Å². The molecule has 19 heavy (non-hydrogen) atoms. The number of pyridine rings is 2. The lowest BCUT2D eigenvalue weighted by Crippen LogP contribution is -2.27. The molecule has 0 atom stereocenters. The molecule has 0 aromatic carbocycles. The van der Waals surface area contributed by atoms with Gasteiger partial charge in [-0.2, -0.15) is 0 Å². The van der Waals surface area contributed by atoms with Gasteiger partial charge in [0.05, 0.1) is 12.2 Å². The number of nitrogens with zero attached hydrogens (tertiary/aromatic N) is 3. The number of carbonyl (C=O) groups excluding carboxylic acids is 1. The zero-order valence-corrected chi connectivity index (χ0v) is 10.6. The number of carbonyl (C=O) groups is 1. The van der Waals surface area contributed by atoms with Gasteiger partial charge in [0.2, 0.25) is 0 Å². The van der Waals surface area contributed by atoms with Crippen LogP contribution in [0, 0.1) is 0 Å². The van der Waals surface area contributed by atoms with Crippen LogP contribution in [-0.4, -0.2) is 27.8 Å². The van der Waals surface area contributed by atoms with Crippen LogP contribution in [0.3, 0.4) is 0 Å². The van der Waals surface area contributed by atoms with E-state index in [4.69, 9.17) is 5.84 Å². The van der Waals surface area contributed by atoms with Crippen LogP contribution in [0.2, 0.25) is 0 Å². The third-order valence-corrected chi connectivity index (χ3v) is 2.59. The standard InChI is InChI=1S/C13H15N5O/c1-18(9-10-5-2-3-8-15-10)13(19)11-6-4-7-12(16-11)17-14/h2-8H,9,14H2,1H3,(H,16,17). The minimum atomic E-state index is -0.178. The van der Waals surface area contributed by atoms with Gasteiger partial charge >= 0.3 is 0 Å². The quantitative estimate of drug-likeness (QED) is 0.631. The van der Waals surface area contributed by atoms with E-state index in [1.165, 1.54) is 0 Å². The lowest BCUT2D eigenvalue weighted by Gasteiger charge is -2.16. The van der Waals surface area contributed by atoms with Crippen molar-refractivity contribution in [2.24, 2.45) is 5.84 Å². The highest BCUT2D eigenvalue weighted by atomic mass is 16.2. The topological polar surface area (TPSA) is 84.1 Å². The van der Waals surface area contributed by atoms with Gasteiger partial charge in [0.15, 0.2) is 0 Å². The Bertz CT molecular complexity index is 558. The molecule has 0 bridgehead atoms. The SMILES string of the molecule is CN(Cc1ccccn1)C(=O)c1cccc(NN)n1. The number of aromatic nitrogens is 2. The molecule has 6 heteroatoms. The van der Waals surface area contributed by atoms with Gasteiger partial charge in [-0.25, -0.2) is 10.8 Å². The van der Waals surface area contributed by atoms with Gasteiger partial charge in [-0.15, -0.1) is 0 Å². The normalized spacial score (nSPS) is 10.0. The van der Waals surface area contributed by atoms with E-state index in [1.54, 1.807) is 36.3 Å². The van der Waals surface area contributed by atoms with E-state index in [9.17, 15) is 4.79 Å². The monoisotopic (exact) mass is 257 g/mol. The van der Waals surface area contributed by atoms with Gasteiger partial charge in [-0.1, -0.05) is 12.1 Å². The van der Waals surface area contributed by atoms with Crippen molar-refractivity contribution >= 4 is 11.7 Å². The zero-order chi connectivity index (χ0) is 13.7. The van der Waals surface area contributed by atoms with Crippen molar-refractivity contribution in [3.63, 3.8) is 0 Å². The third-order valence-electron chi connectivity index (χ3n) is 2.59. The Morgan fingerprint density at radius 2 is 2.16 bits per heavy atom. The maximum Gasteiger partial charge on any atom is 0.272 e.